The number of rotatable bonds is 8. The van der Waals surface area contributed by atoms with Crippen LogP contribution in [0, 0.1) is 5.82 Å². The summed E-state index contributed by atoms with van der Waals surface area (Å²) < 4.78 is 14.1. The molecule has 5 N–H and O–H groups in total. The van der Waals surface area contributed by atoms with Crippen molar-refractivity contribution in [3.8, 4) is 0 Å². The number of hydrogen-bond acceptors (Lipinski definition) is 7. The molecule has 2 heterocycles. The Morgan fingerprint density at radius 2 is 2.07 bits per heavy atom. The molecule has 0 bridgehead atoms. The summed E-state index contributed by atoms with van der Waals surface area (Å²) in [6, 6.07) is 6.94. The summed E-state index contributed by atoms with van der Waals surface area (Å²) in [6.07, 6.45) is 3.79. The fourth-order valence-electron chi connectivity index (χ4n) is 3.42. The molecule has 1 saturated heterocycles. The number of nitrogen functional groups attached to an aromatic ring is 1. The summed E-state index contributed by atoms with van der Waals surface area (Å²) in [4.78, 5) is 10.9. The van der Waals surface area contributed by atoms with E-state index < -0.39 is 0 Å². The van der Waals surface area contributed by atoms with Gasteiger partial charge in [0, 0.05) is 12.1 Å². The summed E-state index contributed by atoms with van der Waals surface area (Å²) in [6.45, 7) is 10.7. The van der Waals surface area contributed by atoms with Gasteiger partial charge >= 0.3 is 0 Å². The lowest BCUT2D eigenvalue weighted by Gasteiger charge is -2.31. The zero-order chi connectivity index (χ0) is 20.8. The van der Waals surface area contributed by atoms with E-state index in [0.717, 1.165) is 25.9 Å². The normalized spacial score (nSPS) is 14.8. The molecule has 0 unspecified atom stereocenters. The van der Waals surface area contributed by atoms with Crippen molar-refractivity contribution >= 4 is 17.2 Å². The molecule has 0 spiro atoms. The highest BCUT2D eigenvalue weighted by Crippen LogP contribution is 2.27. The Morgan fingerprint density at radius 3 is 2.76 bits per heavy atom. The van der Waals surface area contributed by atoms with Crippen molar-refractivity contribution in [2.75, 3.05) is 29.0 Å². The van der Waals surface area contributed by atoms with Gasteiger partial charge in [-0.1, -0.05) is 18.7 Å². The van der Waals surface area contributed by atoms with Crippen molar-refractivity contribution in [1.29, 1.82) is 0 Å². The van der Waals surface area contributed by atoms with E-state index in [9.17, 15) is 4.39 Å². The van der Waals surface area contributed by atoms with Gasteiger partial charge in [-0.15, -0.1) is 0 Å². The summed E-state index contributed by atoms with van der Waals surface area (Å²) in [7, 11) is 0. The zero-order valence-electron chi connectivity index (χ0n) is 17.1. The molecule has 3 rings (SSSR count). The highest BCUT2D eigenvalue weighted by atomic mass is 19.1. The molecule has 0 atom stereocenters. The molecule has 1 fully saturated rings. The van der Waals surface area contributed by atoms with Gasteiger partial charge in [-0.2, -0.15) is 0 Å². The number of para-hydroxylation sites is 1. The fraction of sp³-hybridized carbons (Fsp3) is 0.429. The van der Waals surface area contributed by atoms with E-state index >= 15 is 0 Å². The maximum Gasteiger partial charge on any atom is 0.161 e. The van der Waals surface area contributed by atoms with E-state index in [1.807, 2.05) is 18.7 Å². The molecule has 8 heteroatoms. The Morgan fingerprint density at radius 1 is 1.34 bits per heavy atom. The van der Waals surface area contributed by atoms with Crippen LogP contribution in [-0.2, 0) is 6.54 Å². The smallest absolute Gasteiger partial charge is 0.161 e. The van der Waals surface area contributed by atoms with E-state index in [0.29, 0.717) is 41.4 Å². The molecule has 1 aliphatic rings. The minimum atomic E-state index is -0.347. The molecule has 1 aromatic carbocycles. The largest absolute Gasteiger partial charge is 0.394 e. The van der Waals surface area contributed by atoms with Crippen LogP contribution in [-0.4, -0.2) is 35.1 Å². The minimum absolute atomic E-state index is 0.00389. The van der Waals surface area contributed by atoms with Crippen LogP contribution in [0.2, 0.25) is 0 Å². The summed E-state index contributed by atoms with van der Waals surface area (Å²) in [5, 5.41) is 9.91. The summed E-state index contributed by atoms with van der Waals surface area (Å²) in [5.41, 5.74) is 6.99. The molecule has 2 aromatic rings. The number of aromatic nitrogens is 2. The highest BCUT2D eigenvalue weighted by Gasteiger charge is 2.21. The predicted octanol–water partition coefficient (Wildman–Crippen LogP) is 2.84. The van der Waals surface area contributed by atoms with E-state index in [-0.39, 0.29) is 11.9 Å². The van der Waals surface area contributed by atoms with Crippen LogP contribution in [0.3, 0.4) is 0 Å². The molecule has 1 aromatic heterocycles. The van der Waals surface area contributed by atoms with Gasteiger partial charge < -0.3 is 26.6 Å². The average molecular weight is 400 g/mol. The van der Waals surface area contributed by atoms with Crippen molar-refractivity contribution < 1.29 is 4.39 Å². The number of halogens is 1. The van der Waals surface area contributed by atoms with Crippen molar-refractivity contribution in [2.24, 2.45) is 0 Å². The molecule has 0 radical (unpaired) electrons. The summed E-state index contributed by atoms with van der Waals surface area (Å²) >= 11 is 0. The third-order valence-electron chi connectivity index (χ3n) is 4.92. The van der Waals surface area contributed by atoms with Gasteiger partial charge in [0.2, 0.25) is 0 Å². The average Bonchev–Trinajstić information content (AvgIpc) is 2.71. The topological polar surface area (TPSA) is 91.1 Å². The first-order valence-electron chi connectivity index (χ1n) is 10.0. The fourth-order valence-corrected chi connectivity index (χ4v) is 3.42. The quantitative estimate of drug-likeness (QED) is 0.543. The monoisotopic (exact) mass is 399 g/mol. The zero-order valence-corrected chi connectivity index (χ0v) is 17.1. The van der Waals surface area contributed by atoms with Gasteiger partial charge in [-0.05, 0) is 51.9 Å². The van der Waals surface area contributed by atoms with Crippen LogP contribution in [0.5, 0.6) is 0 Å². The first-order valence-corrected chi connectivity index (χ1v) is 10.0. The van der Waals surface area contributed by atoms with Gasteiger partial charge in [-0.25, -0.2) is 14.4 Å². The number of nitrogens with one attached hydrogen (secondary N) is 3. The van der Waals surface area contributed by atoms with Gasteiger partial charge in [0.15, 0.2) is 5.82 Å². The van der Waals surface area contributed by atoms with Crippen LogP contribution >= 0.6 is 0 Å². The van der Waals surface area contributed by atoms with Crippen LogP contribution in [0.25, 0.3) is 0 Å². The molecule has 29 heavy (non-hydrogen) atoms. The van der Waals surface area contributed by atoms with E-state index in [4.69, 9.17) is 5.73 Å². The second kappa shape index (κ2) is 9.67. The Labute approximate surface area is 171 Å². The standard InChI is InChI=1S/C21H30FN7/c1-14(2)29(15(3)27-19-7-5-4-6-17(19)22)21-18(23)12-26-20(28-21)13-25-16-8-10-24-11-9-16/h4-7,12,14,16,24-25,27H,3,8-11,13,23H2,1-2H3. The number of nitrogens with two attached hydrogens (primary N) is 1. The van der Waals surface area contributed by atoms with E-state index in [1.54, 1.807) is 24.4 Å². The number of benzene rings is 1. The number of anilines is 3. The van der Waals surface area contributed by atoms with Crippen molar-refractivity contribution in [2.45, 2.75) is 45.3 Å². The molecule has 156 valence electrons. The van der Waals surface area contributed by atoms with Crippen LogP contribution in [0.15, 0.2) is 42.9 Å². The second-order valence-electron chi connectivity index (χ2n) is 7.49. The van der Waals surface area contributed by atoms with Crippen LogP contribution in [0.4, 0.5) is 21.6 Å². The van der Waals surface area contributed by atoms with Gasteiger partial charge in [-0.3, -0.25) is 0 Å². The SMILES string of the molecule is C=C(Nc1ccccc1F)N(c1nc(CNC2CCNCC2)ncc1N)C(C)C. The third-order valence-corrected chi connectivity index (χ3v) is 4.92. The molecular formula is C21H30FN7. The van der Waals surface area contributed by atoms with E-state index in [1.165, 1.54) is 6.07 Å². The molecule has 0 amide bonds. The Balaban J connectivity index is 1.77. The van der Waals surface area contributed by atoms with Gasteiger partial charge in [0.25, 0.3) is 0 Å². The van der Waals surface area contributed by atoms with E-state index in [2.05, 4.69) is 32.5 Å². The first-order chi connectivity index (χ1) is 14.0. The molecule has 7 nitrogen and oxygen atoms in total. The molecular weight excluding hydrogens is 369 g/mol. The van der Waals surface area contributed by atoms with Crippen LogP contribution < -0.4 is 26.6 Å². The maximum absolute atomic E-state index is 14.1. The lowest BCUT2D eigenvalue weighted by molar-refractivity contribution is 0.383. The first kappa shape index (κ1) is 21.0. The van der Waals surface area contributed by atoms with Gasteiger partial charge in [0.05, 0.1) is 24.1 Å². The van der Waals surface area contributed by atoms with Gasteiger partial charge in [0.1, 0.15) is 17.5 Å². The Hall–Kier alpha value is -2.71. The number of piperidine rings is 1. The Kier molecular flexibility index (Phi) is 7.00. The second-order valence-corrected chi connectivity index (χ2v) is 7.49. The lowest BCUT2D eigenvalue weighted by atomic mass is 10.1. The van der Waals surface area contributed by atoms with Crippen molar-refractivity contribution in [1.82, 2.24) is 20.6 Å². The van der Waals surface area contributed by atoms with Crippen LogP contribution in [0.1, 0.15) is 32.5 Å². The minimum Gasteiger partial charge on any atom is -0.394 e. The lowest BCUT2D eigenvalue weighted by Crippen LogP contribution is -2.40. The third kappa shape index (κ3) is 5.42. The number of hydrogen-bond donors (Lipinski definition) is 4. The molecule has 1 aliphatic heterocycles. The number of nitrogens with zero attached hydrogens (tertiary/aromatic N) is 3. The predicted molar refractivity (Wildman–Crippen MR) is 116 cm³/mol. The summed E-state index contributed by atoms with van der Waals surface area (Å²) in [5.74, 6) is 1.37. The maximum atomic E-state index is 14.1. The van der Waals surface area contributed by atoms with Crippen molar-refractivity contribution in [3.05, 3.63) is 54.5 Å². The highest BCUT2D eigenvalue weighted by molar-refractivity contribution is 5.67. The Bertz CT molecular complexity index is 834. The molecule has 0 saturated carbocycles. The molecule has 0 aliphatic carbocycles. The van der Waals surface area contributed by atoms with Crippen molar-refractivity contribution in [3.63, 3.8) is 0 Å².